The highest BCUT2D eigenvalue weighted by molar-refractivity contribution is 7.13. The number of alkyl halides is 3. The summed E-state index contributed by atoms with van der Waals surface area (Å²) < 4.78 is 45.1. The van der Waals surface area contributed by atoms with Gasteiger partial charge in [-0.3, -0.25) is 20.4 Å². The molecule has 9 nitrogen and oxygen atoms in total. The Labute approximate surface area is 275 Å². The van der Waals surface area contributed by atoms with E-state index in [1.807, 2.05) is 24.3 Å². The minimum absolute atomic E-state index is 0.0170. The van der Waals surface area contributed by atoms with Crippen molar-refractivity contribution in [3.05, 3.63) is 93.7 Å². The summed E-state index contributed by atoms with van der Waals surface area (Å²) in [6, 6.07) is 7.16. The van der Waals surface area contributed by atoms with Gasteiger partial charge in [-0.2, -0.15) is 0 Å². The number of amides is 1. The third kappa shape index (κ3) is 7.18. The Balaban J connectivity index is 1.23. The van der Waals surface area contributed by atoms with Crippen LogP contribution in [0.5, 0.6) is 0 Å². The molecule has 0 radical (unpaired) electrons. The first kappa shape index (κ1) is 33.0. The molecule has 5 N–H and O–H groups in total. The summed E-state index contributed by atoms with van der Waals surface area (Å²) in [7, 11) is 2.08. The van der Waals surface area contributed by atoms with Crippen LogP contribution in [-0.4, -0.2) is 68.0 Å². The van der Waals surface area contributed by atoms with Gasteiger partial charge in [0.2, 0.25) is 6.04 Å². The minimum atomic E-state index is -2.87. The van der Waals surface area contributed by atoms with Gasteiger partial charge in [0.25, 0.3) is 12.3 Å². The van der Waals surface area contributed by atoms with E-state index in [0.717, 1.165) is 43.4 Å². The SMILES string of the molecule is CC1=C(c2ccc(CN(C)C3CCC(O)CC3)cc2)C=C(C(F)F)/C(=C/[NH2+]C(C(=O)Nc2nccs2)c2ncn3c2C[C@@H](F)C3)C1=N. The van der Waals surface area contributed by atoms with Gasteiger partial charge in [0.15, 0.2) is 5.13 Å². The van der Waals surface area contributed by atoms with Gasteiger partial charge in [0.05, 0.1) is 36.0 Å². The van der Waals surface area contributed by atoms with E-state index in [9.17, 15) is 23.1 Å². The number of carbonyl (C=O) groups is 1. The van der Waals surface area contributed by atoms with Crippen molar-refractivity contribution >= 4 is 33.7 Å². The van der Waals surface area contributed by atoms with Crippen LogP contribution in [0, 0.1) is 5.41 Å². The molecule has 3 heterocycles. The normalized spacial score (nSPS) is 23.1. The van der Waals surface area contributed by atoms with E-state index >= 15 is 0 Å². The topological polar surface area (TPSA) is 124 Å². The lowest BCUT2D eigenvalue weighted by Gasteiger charge is -2.33. The molecule has 1 fully saturated rings. The van der Waals surface area contributed by atoms with Gasteiger partial charge >= 0.3 is 0 Å². The lowest BCUT2D eigenvalue weighted by atomic mass is 9.84. The Kier molecular flexibility index (Phi) is 9.88. The lowest BCUT2D eigenvalue weighted by Crippen LogP contribution is -2.82. The second-order valence-electron chi connectivity index (χ2n) is 12.5. The molecule has 3 aliphatic rings. The van der Waals surface area contributed by atoms with Crippen LogP contribution in [0.2, 0.25) is 0 Å². The number of quaternary nitrogens is 1. The molecule has 1 amide bonds. The molecule has 1 unspecified atom stereocenters. The number of hydrogen-bond donors (Lipinski definition) is 4. The molecule has 2 atom stereocenters. The number of thiazole rings is 1. The van der Waals surface area contributed by atoms with Gasteiger partial charge in [-0.1, -0.05) is 24.3 Å². The average Bonchev–Trinajstić information content (AvgIpc) is 3.78. The maximum Gasteiger partial charge on any atom is 0.291 e. The number of aliphatic hydroxyl groups excluding tert-OH is 1. The fraction of sp³-hybridized carbons (Fsp3) is 0.412. The number of halogens is 3. The molecule has 2 aromatic heterocycles. The number of aromatic nitrogens is 3. The monoisotopic (exact) mass is 666 g/mol. The highest BCUT2D eigenvalue weighted by Crippen LogP contribution is 2.35. The first-order valence-electron chi connectivity index (χ1n) is 15.8. The van der Waals surface area contributed by atoms with Crippen molar-refractivity contribution in [2.45, 2.75) is 82.9 Å². The zero-order chi connectivity index (χ0) is 33.2. The Morgan fingerprint density at radius 2 is 1.98 bits per heavy atom. The first-order chi connectivity index (χ1) is 22.6. The third-order valence-electron chi connectivity index (χ3n) is 9.36. The highest BCUT2D eigenvalue weighted by atomic mass is 32.1. The van der Waals surface area contributed by atoms with Crippen LogP contribution < -0.4 is 10.6 Å². The van der Waals surface area contributed by atoms with E-state index in [0.29, 0.717) is 33.7 Å². The number of rotatable bonds is 10. The van der Waals surface area contributed by atoms with Crippen LogP contribution >= 0.6 is 11.3 Å². The molecule has 2 aliphatic carbocycles. The molecule has 1 saturated carbocycles. The van der Waals surface area contributed by atoms with Gasteiger partial charge in [-0.15, -0.1) is 11.3 Å². The second kappa shape index (κ2) is 14.1. The number of allylic oxidation sites excluding steroid dienone is 5. The molecule has 0 spiro atoms. The van der Waals surface area contributed by atoms with Crippen LogP contribution in [0.3, 0.4) is 0 Å². The van der Waals surface area contributed by atoms with Crippen molar-refractivity contribution in [2.24, 2.45) is 0 Å². The number of fused-ring (bicyclic) bond motifs is 1. The van der Waals surface area contributed by atoms with Crippen LogP contribution in [-0.2, 0) is 24.3 Å². The molecule has 1 aromatic carbocycles. The quantitative estimate of drug-likeness (QED) is 0.248. The van der Waals surface area contributed by atoms with E-state index in [2.05, 4.69) is 27.2 Å². The van der Waals surface area contributed by atoms with Crippen LogP contribution in [0.25, 0.3) is 5.57 Å². The van der Waals surface area contributed by atoms with Crippen molar-refractivity contribution in [1.82, 2.24) is 19.4 Å². The van der Waals surface area contributed by atoms with E-state index in [4.69, 9.17) is 5.41 Å². The van der Waals surface area contributed by atoms with Gasteiger partial charge in [-0.25, -0.2) is 23.1 Å². The zero-order valence-electron chi connectivity index (χ0n) is 26.3. The highest BCUT2D eigenvalue weighted by Gasteiger charge is 2.36. The third-order valence-corrected chi connectivity index (χ3v) is 10.1. The summed E-state index contributed by atoms with van der Waals surface area (Å²) in [5, 5.41) is 25.1. The molecule has 248 valence electrons. The molecule has 1 aliphatic heterocycles. The van der Waals surface area contributed by atoms with Gasteiger partial charge in [-0.05, 0) is 68.0 Å². The Bertz CT molecular complexity index is 1710. The van der Waals surface area contributed by atoms with Crippen LogP contribution in [0.15, 0.2) is 71.2 Å². The lowest BCUT2D eigenvalue weighted by molar-refractivity contribution is -0.619. The van der Waals surface area contributed by atoms with Crippen molar-refractivity contribution < 1.29 is 28.4 Å². The fourth-order valence-corrected chi connectivity index (χ4v) is 7.23. The summed E-state index contributed by atoms with van der Waals surface area (Å²) in [6.45, 7) is 2.61. The van der Waals surface area contributed by atoms with Gasteiger partial charge in [0, 0.05) is 36.2 Å². The molecule has 0 saturated heterocycles. The summed E-state index contributed by atoms with van der Waals surface area (Å²) >= 11 is 1.23. The second-order valence-corrected chi connectivity index (χ2v) is 13.4. The fourth-order valence-electron chi connectivity index (χ4n) is 6.70. The molecule has 13 heteroatoms. The largest absolute Gasteiger partial charge is 0.393 e. The Hall–Kier alpha value is -3.91. The maximum absolute atomic E-state index is 14.6. The molecule has 3 aromatic rings. The molecular formula is C34H39F3N7O2S+. The molecule has 6 rings (SSSR count). The van der Waals surface area contributed by atoms with E-state index < -0.39 is 24.5 Å². The van der Waals surface area contributed by atoms with Gasteiger partial charge < -0.3 is 15.0 Å². The summed E-state index contributed by atoms with van der Waals surface area (Å²) in [5.74, 6) is -0.481. The summed E-state index contributed by atoms with van der Waals surface area (Å²) in [6.07, 6.45) is 5.33. The number of imidazole rings is 1. The van der Waals surface area contributed by atoms with Crippen molar-refractivity contribution in [3.8, 4) is 0 Å². The van der Waals surface area contributed by atoms with Crippen molar-refractivity contribution in [2.75, 3.05) is 12.4 Å². The van der Waals surface area contributed by atoms with Crippen molar-refractivity contribution in [1.29, 1.82) is 5.41 Å². The Morgan fingerprint density at radius 3 is 2.66 bits per heavy atom. The average molecular weight is 667 g/mol. The van der Waals surface area contributed by atoms with Crippen molar-refractivity contribution in [3.63, 3.8) is 0 Å². The Morgan fingerprint density at radius 1 is 1.23 bits per heavy atom. The van der Waals surface area contributed by atoms with E-state index in [-0.39, 0.29) is 35.9 Å². The molecule has 0 bridgehead atoms. The van der Waals surface area contributed by atoms with E-state index in [1.54, 1.807) is 23.1 Å². The maximum atomic E-state index is 14.6. The zero-order valence-corrected chi connectivity index (χ0v) is 27.1. The predicted octanol–water partition coefficient (Wildman–Crippen LogP) is 4.79. The summed E-state index contributed by atoms with van der Waals surface area (Å²) in [5.41, 5.74) is 3.48. The van der Waals surface area contributed by atoms with Crippen LogP contribution in [0.4, 0.5) is 18.3 Å². The number of nitrogens with zero attached hydrogens (tertiary/aromatic N) is 4. The standard InChI is InChI=1S/C34H38F3N7O2S/c1-19-25(21-5-3-20(4-6-21)16-43(2)23-7-9-24(45)10-8-23)14-26(32(36)37)27(29(19)38)15-40-31(33(46)42-34-39-11-12-47-34)30-28-13-22(35)17-44(28)18-41-30/h3-6,11-12,14-15,18,22-24,31-32,38,40,45H,7-10,13,16-17H2,1-2H3,(H,39,42,46)/p+1/b27-15-,38-29?/t22-,23?,24?,31?/m1/s1. The molecule has 47 heavy (non-hydrogen) atoms. The number of nitrogens with two attached hydrogens (primary N) is 1. The van der Waals surface area contributed by atoms with Gasteiger partial charge in [0.1, 0.15) is 18.1 Å². The first-order valence-corrected chi connectivity index (χ1v) is 16.7. The summed E-state index contributed by atoms with van der Waals surface area (Å²) in [4.78, 5) is 24.3. The molecular weight excluding hydrogens is 627 g/mol. The number of hydrogen-bond acceptors (Lipinski definition) is 7. The number of nitrogens with one attached hydrogen (secondary N) is 2. The predicted molar refractivity (Wildman–Crippen MR) is 175 cm³/mol. The van der Waals surface area contributed by atoms with Crippen LogP contribution in [0.1, 0.15) is 61.2 Å². The minimum Gasteiger partial charge on any atom is -0.393 e. The van der Waals surface area contributed by atoms with E-state index in [1.165, 1.54) is 35.3 Å². The number of anilines is 1. The number of carbonyl (C=O) groups excluding carboxylic acids is 1. The smallest absolute Gasteiger partial charge is 0.291 e. The number of benzene rings is 1. The number of aliphatic hydroxyl groups is 1.